The van der Waals surface area contributed by atoms with Crippen LogP contribution in [0, 0.1) is 17.5 Å². The van der Waals surface area contributed by atoms with Gasteiger partial charge in [-0.15, -0.1) is 0 Å². The Hall–Kier alpha value is -2.51. The normalized spacial score (nSPS) is 10.7. The van der Waals surface area contributed by atoms with E-state index in [9.17, 15) is 22.8 Å². The molecule has 0 bridgehead atoms. The van der Waals surface area contributed by atoms with Crippen molar-refractivity contribution in [2.75, 3.05) is 5.32 Å². The lowest BCUT2D eigenvalue weighted by Crippen LogP contribution is -2.38. The Morgan fingerprint density at radius 3 is 2.24 bits per heavy atom. The first-order chi connectivity index (χ1) is 9.81. The molecule has 8 heteroatoms. The van der Waals surface area contributed by atoms with Crippen LogP contribution in [-0.2, 0) is 20.6 Å². The SMILES string of the molecule is Cn1cc(CNc2cc(F)c(F)c(F)c2)c(=O)n(C)c1=O. The Kier molecular flexibility index (Phi) is 3.88. The molecular weight excluding hydrogens is 287 g/mol. The number of anilines is 1. The summed E-state index contributed by atoms with van der Waals surface area (Å²) in [5.74, 6) is -4.21. The molecule has 0 spiro atoms. The summed E-state index contributed by atoms with van der Waals surface area (Å²) in [4.78, 5) is 23.4. The van der Waals surface area contributed by atoms with Crippen LogP contribution < -0.4 is 16.6 Å². The predicted molar refractivity (Wildman–Crippen MR) is 70.6 cm³/mol. The maximum absolute atomic E-state index is 13.1. The number of benzene rings is 1. The number of aromatic nitrogens is 2. The zero-order valence-corrected chi connectivity index (χ0v) is 11.3. The van der Waals surface area contributed by atoms with Gasteiger partial charge in [0.25, 0.3) is 5.56 Å². The third kappa shape index (κ3) is 2.83. The molecule has 0 aliphatic heterocycles. The zero-order chi connectivity index (χ0) is 15.7. The van der Waals surface area contributed by atoms with E-state index in [-0.39, 0.29) is 17.8 Å². The largest absolute Gasteiger partial charge is 0.381 e. The monoisotopic (exact) mass is 299 g/mol. The van der Waals surface area contributed by atoms with E-state index in [1.165, 1.54) is 24.9 Å². The van der Waals surface area contributed by atoms with Crippen LogP contribution in [0.25, 0.3) is 0 Å². The summed E-state index contributed by atoms with van der Waals surface area (Å²) in [6.45, 7) is -0.0642. The van der Waals surface area contributed by atoms with E-state index < -0.39 is 28.7 Å². The van der Waals surface area contributed by atoms with Crippen LogP contribution in [0.3, 0.4) is 0 Å². The number of halogens is 3. The van der Waals surface area contributed by atoms with Gasteiger partial charge in [0, 0.05) is 44.7 Å². The molecule has 0 unspecified atom stereocenters. The molecule has 0 aliphatic carbocycles. The standard InChI is InChI=1S/C13H12F3N3O2/c1-18-6-7(12(20)19(2)13(18)21)5-17-8-3-9(14)11(16)10(15)4-8/h3-4,6,17H,5H2,1-2H3. The van der Waals surface area contributed by atoms with Gasteiger partial charge in [0.05, 0.1) is 5.56 Å². The van der Waals surface area contributed by atoms with Gasteiger partial charge in [-0.1, -0.05) is 0 Å². The number of hydrogen-bond acceptors (Lipinski definition) is 3. The Labute approximate surface area is 117 Å². The van der Waals surface area contributed by atoms with Crippen molar-refractivity contribution in [2.45, 2.75) is 6.54 Å². The fraction of sp³-hybridized carbons (Fsp3) is 0.231. The predicted octanol–water partition coefficient (Wildman–Crippen LogP) is 1.11. The molecule has 1 N–H and O–H groups in total. The zero-order valence-electron chi connectivity index (χ0n) is 11.3. The molecule has 1 heterocycles. The van der Waals surface area contributed by atoms with Crippen LogP contribution in [0.1, 0.15) is 5.56 Å². The third-order valence-corrected chi connectivity index (χ3v) is 2.98. The van der Waals surface area contributed by atoms with Crippen LogP contribution in [0.2, 0.25) is 0 Å². The molecule has 1 aromatic carbocycles. The van der Waals surface area contributed by atoms with Crippen LogP contribution in [0.5, 0.6) is 0 Å². The molecule has 21 heavy (non-hydrogen) atoms. The lowest BCUT2D eigenvalue weighted by molar-refractivity contribution is 0.447. The van der Waals surface area contributed by atoms with Crippen LogP contribution in [-0.4, -0.2) is 9.13 Å². The average molecular weight is 299 g/mol. The number of rotatable bonds is 3. The Bertz CT molecular complexity index is 788. The van der Waals surface area contributed by atoms with Gasteiger partial charge in [0.15, 0.2) is 17.5 Å². The Balaban J connectivity index is 2.29. The van der Waals surface area contributed by atoms with E-state index in [0.717, 1.165) is 16.7 Å². The van der Waals surface area contributed by atoms with E-state index >= 15 is 0 Å². The van der Waals surface area contributed by atoms with Crippen molar-refractivity contribution in [1.82, 2.24) is 9.13 Å². The van der Waals surface area contributed by atoms with E-state index in [4.69, 9.17) is 0 Å². The topological polar surface area (TPSA) is 56.0 Å². The maximum atomic E-state index is 13.1. The van der Waals surface area contributed by atoms with Gasteiger partial charge in [-0.25, -0.2) is 18.0 Å². The molecule has 2 aromatic rings. The first-order valence-electron chi connectivity index (χ1n) is 5.95. The van der Waals surface area contributed by atoms with E-state index in [1.54, 1.807) is 0 Å². The molecule has 0 fully saturated rings. The minimum atomic E-state index is -1.56. The highest BCUT2D eigenvalue weighted by molar-refractivity contribution is 5.44. The van der Waals surface area contributed by atoms with Crippen molar-refractivity contribution in [3.63, 3.8) is 0 Å². The van der Waals surface area contributed by atoms with Crippen molar-refractivity contribution in [2.24, 2.45) is 14.1 Å². The van der Waals surface area contributed by atoms with Crippen molar-refractivity contribution in [1.29, 1.82) is 0 Å². The highest BCUT2D eigenvalue weighted by Crippen LogP contribution is 2.17. The van der Waals surface area contributed by atoms with Crippen molar-refractivity contribution in [3.05, 3.63) is 62.2 Å². The molecule has 0 aliphatic rings. The smallest absolute Gasteiger partial charge is 0.330 e. The molecule has 5 nitrogen and oxygen atoms in total. The molecule has 0 saturated heterocycles. The number of hydrogen-bond donors (Lipinski definition) is 1. The molecule has 0 radical (unpaired) electrons. The molecule has 0 atom stereocenters. The van der Waals surface area contributed by atoms with Gasteiger partial charge in [-0.05, 0) is 0 Å². The van der Waals surface area contributed by atoms with Crippen molar-refractivity contribution in [3.8, 4) is 0 Å². The number of nitrogens with one attached hydrogen (secondary N) is 1. The van der Waals surface area contributed by atoms with Crippen LogP contribution >= 0.6 is 0 Å². The highest BCUT2D eigenvalue weighted by Gasteiger charge is 2.11. The molecule has 0 saturated carbocycles. The van der Waals surface area contributed by atoms with Gasteiger partial charge in [0.2, 0.25) is 0 Å². The second kappa shape index (κ2) is 5.47. The number of nitrogens with zero attached hydrogens (tertiary/aromatic N) is 2. The summed E-state index contributed by atoms with van der Waals surface area (Å²) in [5.41, 5.74) is -0.789. The lowest BCUT2D eigenvalue weighted by atomic mass is 10.2. The third-order valence-electron chi connectivity index (χ3n) is 2.98. The van der Waals surface area contributed by atoms with Gasteiger partial charge >= 0.3 is 5.69 Å². The summed E-state index contributed by atoms with van der Waals surface area (Å²) in [6, 6.07) is 1.57. The van der Waals surface area contributed by atoms with Gasteiger partial charge in [-0.2, -0.15) is 0 Å². The van der Waals surface area contributed by atoms with Crippen molar-refractivity contribution < 1.29 is 13.2 Å². The second-order valence-corrected chi connectivity index (χ2v) is 4.52. The molecule has 1 aromatic heterocycles. The first-order valence-corrected chi connectivity index (χ1v) is 5.95. The van der Waals surface area contributed by atoms with E-state index in [0.29, 0.717) is 0 Å². The Morgan fingerprint density at radius 1 is 1.10 bits per heavy atom. The summed E-state index contributed by atoms with van der Waals surface area (Å²) in [5, 5.41) is 2.61. The van der Waals surface area contributed by atoms with Crippen LogP contribution in [0.4, 0.5) is 18.9 Å². The minimum Gasteiger partial charge on any atom is -0.381 e. The lowest BCUT2D eigenvalue weighted by Gasteiger charge is -2.09. The minimum absolute atomic E-state index is 0.0118. The summed E-state index contributed by atoms with van der Waals surface area (Å²) in [6.07, 6.45) is 1.33. The van der Waals surface area contributed by atoms with Crippen molar-refractivity contribution >= 4 is 5.69 Å². The summed E-state index contributed by atoms with van der Waals surface area (Å²) >= 11 is 0. The summed E-state index contributed by atoms with van der Waals surface area (Å²) < 4.78 is 41.1. The quantitative estimate of drug-likeness (QED) is 0.864. The highest BCUT2D eigenvalue weighted by atomic mass is 19.2. The summed E-state index contributed by atoms with van der Waals surface area (Å²) in [7, 11) is 2.80. The van der Waals surface area contributed by atoms with E-state index in [2.05, 4.69) is 5.32 Å². The van der Waals surface area contributed by atoms with Gasteiger partial charge in [-0.3, -0.25) is 9.36 Å². The second-order valence-electron chi connectivity index (χ2n) is 4.52. The molecule has 2 rings (SSSR count). The molecular formula is C13H12F3N3O2. The maximum Gasteiger partial charge on any atom is 0.330 e. The average Bonchev–Trinajstić information content (AvgIpc) is 2.44. The number of aryl methyl sites for hydroxylation is 1. The van der Waals surface area contributed by atoms with Gasteiger partial charge in [0.1, 0.15) is 0 Å². The fourth-order valence-corrected chi connectivity index (χ4v) is 1.86. The first kappa shape index (κ1) is 14.9. The van der Waals surface area contributed by atoms with Crippen LogP contribution in [0.15, 0.2) is 27.9 Å². The molecule has 112 valence electrons. The Morgan fingerprint density at radius 2 is 1.67 bits per heavy atom. The van der Waals surface area contributed by atoms with Gasteiger partial charge < -0.3 is 9.88 Å². The molecule has 0 amide bonds. The van der Waals surface area contributed by atoms with E-state index in [1.807, 2.05) is 0 Å². The fourth-order valence-electron chi connectivity index (χ4n) is 1.86.